The fraction of sp³-hybridized carbons (Fsp3) is 0.571. The van der Waals surface area contributed by atoms with Crippen molar-refractivity contribution in [1.82, 2.24) is 20.2 Å². The number of aromatic nitrogens is 2. The molecule has 11 heteroatoms. The highest BCUT2D eigenvalue weighted by Crippen LogP contribution is 2.20. The van der Waals surface area contributed by atoms with Crippen molar-refractivity contribution in [3.05, 3.63) is 53.2 Å². The van der Waals surface area contributed by atoms with Gasteiger partial charge in [-0.15, -0.1) is 0 Å². The Hall–Kier alpha value is -3.18. The number of carboxylic acid groups (broad SMARTS) is 1. The third-order valence-corrected chi connectivity index (χ3v) is 7.02. The zero-order valence-corrected chi connectivity index (χ0v) is 22.7. The Labute approximate surface area is 228 Å². The van der Waals surface area contributed by atoms with E-state index in [4.69, 9.17) is 9.72 Å². The topological polar surface area (TPSA) is 117 Å². The van der Waals surface area contributed by atoms with Crippen LogP contribution in [0.3, 0.4) is 0 Å². The first kappa shape index (κ1) is 30.4. The second kappa shape index (κ2) is 15.4. The number of carbonyl (C=O) groups is 2. The number of carbonyl (C=O) groups excluding carboxylic acids is 1. The summed E-state index contributed by atoms with van der Waals surface area (Å²) in [7, 11) is 1.44. The second-order valence-electron chi connectivity index (χ2n) is 9.89. The monoisotopic (exact) mass is 547 g/mol. The van der Waals surface area contributed by atoms with E-state index in [1.54, 1.807) is 0 Å². The van der Waals surface area contributed by atoms with E-state index in [1.807, 2.05) is 4.90 Å². The molecule has 3 rings (SSSR count). The van der Waals surface area contributed by atoms with Crippen LogP contribution < -0.4 is 10.6 Å². The Morgan fingerprint density at radius 3 is 2.79 bits per heavy atom. The number of hydrogen-bond donors (Lipinski definition) is 3. The van der Waals surface area contributed by atoms with Gasteiger partial charge in [-0.25, -0.2) is 18.6 Å². The number of unbranched alkanes of at least 4 members (excludes halogenated alkanes) is 1. The summed E-state index contributed by atoms with van der Waals surface area (Å²) in [5, 5.41) is 15.6. The summed E-state index contributed by atoms with van der Waals surface area (Å²) in [6.45, 7) is 2.97. The molecule has 0 radical (unpaired) electrons. The molecule has 2 aromatic heterocycles. The Morgan fingerprint density at radius 2 is 2.08 bits per heavy atom. The molecule has 214 valence electrons. The average Bonchev–Trinajstić information content (AvgIpc) is 2.95. The Bertz CT molecular complexity index is 1090. The molecule has 0 bridgehead atoms. The van der Waals surface area contributed by atoms with Crippen LogP contribution in [0.25, 0.3) is 0 Å². The van der Waals surface area contributed by atoms with Crippen LogP contribution in [0.15, 0.2) is 30.5 Å². The van der Waals surface area contributed by atoms with Crippen LogP contribution in [0.5, 0.6) is 0 Å². The fourth-order valence-electron chi connectivity index (χ4n) is 4.62. The molecule has 0 saturated carbocycles. The summed E-state index contributed by atoms with van der Waals surface area (Å²) in [4.78, 5) is 35.2. The van der Waals surface area contributed by atoms with Crippen molar-refractivity contribution in [2.75, 3.05) is 45.3 Å². The third kappa shape index (κ3) is 9.21. The number of halogens is 2. The van der Waals surface area contributed by atoms with E-state index in [2.05, 4.69) is 27.8 Å². The number of rotatable bonds is 16. The van der Waals surface area contributed by atoms with E-state index in [-0.39, 0.29) is 12.1 Å². The summed E-state index contributed by atoms with van der Waals surface area (Å²) in [5.41, 5.74) is 2.21. The van der Waals surface area contributed by atoms with Crippen molar-refractivity contribution in [3.8, 4) is 0 Å². The van der Waals surface area contributed by atoms with Crippen LogP contribution in [0, 0.1) is 5.82 Å². The lowest BCUT2D eigenvalue weighted by molar-refractivity contribution is -0.142. The van der Waals surface area contributed by atoms with Crippen LogP contribution in [-0.4, -0.2) is 84.0 Å². The summed E-state index contributed by atoms with van der Waals surface area (Å²) in [6, 6.07) is 5.63. The summed E-state index contributed by atoms with van der Waals surface area (Å²) < 4.78 is 32.7. The first-order valence-electron chi connectivity index (χ1n) is 13.5. The van der Waals surface area contributed by atoms with E-state index >= 15 is 0 Å². The largest absolute Gasteiger partial charge is 0.480 e. The maximum Gasteiger partial charge on any atom is 0.326 e. The van der Waals surface area contributed by atoms with Crippen molar-refractivity contribution in [2.45, 2.75) is 63.5 Å². The molecule has 3 atom stereocenters. The van der Waals surface area contributed by atoms with Gasteiger partial charge in [0, 0.05) is 38.6 Å². The van der Waals surface area contributed by atoms with Crippen molar-refractivity contribution >= 4 is 17.7 Å². The Balaban J connectivity index is 1.54. The van der Waals surface area contributed by atoms with Gasteiger partial charge in [-0.3, -0.25) is 9.78 Å². The summed E-state index contributed by atoms with van der Waals surface area (Å²) >= 11 is 0. The molecule has 3 heterocycles. The van der Waals surface area contributed by atoms with Crippen LogP contribution in [0.4, 0.5) is 14.6 Å². The Morgan fingerprint density at radius 1 is 1.26 bits per heavy atom. The number of anilines is 1. The number of alkyl halides is 1. The van der Waals surface area contributed by atoms with Gasteiger partial charge in [0.25, 0.3) is 0 Å². The molecule has 0 fully saturated rings. The van der Waals surface area contributed by atoms with Gasteiger partial charge >= 0.3 is 5.97 Å². The molecule has 3 unspecified atom stereocenters. The summed E-state index contributed by atoms with van der Waals surface area (Å²) in [5.74, 6) is -2.44. The van der Waals surface area contributed by atoms with Crippen LogP contribution in [-0.2, 0) is 27.2 Å². The van der Waals surface area contributed by atoms with E-state index in [1.165, 1.54) is 37.9 Å². The lowest BCUT2D eigenvalue weighted by Crippen LogP contribution is -2.45. The zero-order valence-electron chi connectivity index (χ0n) is 22.7. The molecule has 0 saturated heterocycles. The maximum absolute atomic E-state index is 14.1. The van der Waals surface area contributed by atoms with Crippen molar-refractivity contribution in [3.63, 3.8) is 0 Å². The number of aryl methyl sites for hydroxylation is 2. The molecule has 9 nitrogen and oxygen atoms in total. The minimum absolute atomic E-state index is 0.0455. The number of fused-ring (bicyclic) bond motifs is 1. The van der Waals surface area contributed by atoms with Gasteiger partial charge in [-0.2, -0.15) is 0 Å². The van der Waals surface area contributed by atoms with Gasteiger partial charge in [-0.05, 0) is 75.8 Å². The Kier molecular flexibility index (Phi) is 12.0. The van der Waals surface area contributed by atoms with Gasteiger partial charge in [0.05, 0.1) is 17.7 Å². The highest BCUT2D eigenvalue weighted by molar-refractivity contribution is 5.87. The van der Waals surface area contributed by atoms with Gasteiger partial charge in [0.15, 0.2) is 0 Å². The lowest BCUT2D eigenvalue weighted by Gasteiger charge is -2.27. The number of ether oxygens (including phenoxy) is 1. The van der Waals surface area contributed by atoms with Gasteiger partial charge in [0.2, 0.25) is 5.91 Å². The van der Waals surface area contributed by atoms with Gasteiger partial charge in [-0.1, -0.05) is 6.07 Å². The van der Waals surface area contributed by atoms with E-state index in [9.17, 15) is 23.5 Å². The van der Waals surface area contributed by atoms with Crippen LogP contribution in [0.2, 0.25) is 0 Å². The molecule has 39 heavy (non-hydrogen) atoms. The van der Waals surface area contributed by atoms with Crippen molar-refractivity contribution in [2.24, 2.45) is 0 Å². The molecule has 1 aliphatic rings. The average molecular weight is 548 g/mol. The number of amides is 1. The number of carboxylic acids is 1. The van der Waals surface area contributed by atoms with E-state index in [0.717, 1.165) is 50.2 Å². The molecule has 0 aliphatic carbocycles. The normalized spacial score (nSPS) is 15.2. The SMILES string of the molecule is COC(CF)CN(CCCCc1ccc2c(n1)NCCC2)CCC(NC(=O)C(C)c1ncccc1F)C(=O)O. The summed E-state index contributed by atoms with van der Waals surface area (Å²) in [6.07, 6.45) is 5.45. The number of aliphatic carboxylic acids is 1. The number of methoxy groups -OCH3 is 1. The first-order chi connectivity index (χ1) is 18.8. The predicted octanol–water partition coefficient (Wildman–Crippen LogP) is 3.35. The number of nitrogens with one attached hydrogen (secondary N) is 2. The molecule has 3 N–H and O–H groups in total. The highest BCUT2D eigenvalue weighted by atomic mass is 19.1. The minimum Gasteiger partial charge on any atom is -0.480 e. The molecule has 2 aromatic rings. The van der Waals surface area contributed by atoms with E-state index < -0.39 is 42.4 Å². The maximum atomic E-state index is 14.1. The standard InChI is InChI=1S/C28H39F2N5O4/c1-19(25-23(30)9-6-13-31-25)27(36)34-24(28(37)38)12-16-35(18-22(17-29)39-2)15-4-3-8-21-11-10-20-7-5-14-32-26(20)33-21/h6,9-11,13,19,22,24H,3-5,7-8,12,14-18H2,1-2H3,(H,32,33)(H,34,36)(H,37,38). The molecular weight excluding hydrogens is 508 g/mol. The zero-order chi connectivity index (χ0) is 28.2. The highest BCUT2D eigenvalue weighted by Gasteiger charge is 2.27. The van der Waals surface area contributed by atoms with Gasteiger partial charge in [0.1, 0.15) is 24.4 Å². The van der Waals surface area contributed by atoms with Crippen molar-refractivity contribution < 1.29 is 28.2 Å². The molecule has 1 aliphatic heterocycles. The number of pyridine rings is 2. The predicted molar refractivity (Wildman–Crippen MR) is 144 cm³/mol. The lowest BCUT2D eigenvalue weighted by atomic mass is 10.0. The van der Waals surface area contributed by atoms with Crippen LogP contribution >= 0.6 is 0 Å². The quantitative estimate of drug-likeness (QED) is 0.274. The van der Waals surface area contributed by atoms with E-state index in [0.29, 0.717) is 19.6 Å². The van der Waals surface area contributed by atoms with Gasteiger partial charge < -0.3 is 25.4 Å². The fourth-order valence-corrected chi connectivity index (χ4v) is 4.62. The molecular formula is C28H39F2N5O4. The number of hydrogen-bond acceptors (Lipinski definition) is 7. The minimum atomic E-state index is -1.20. The third-order valence-electron chi connectivity index (χ3n) is 7.02. The first-order valence-corrected chi connectivity index (χ1v) is 13.5. The van der Waals surface area contributed by atoms with Crippen molar-refractivity contribution in [1.29, 1.82) is 0 Å². The number of nitrogens with zero attached hydrogens (tertiary/aromatic N) is 3. The smallest absolute Gasteiger partial charge is 0.326 e. The second-order valence-corrected chi connectivity index (χ2v) is 9.89. The molecule has 0 spiro atoms. The molecule has 0 aromatic carbocycles. The molecule has 1 amide bonds. The van der Waals surface area contributed by atoms with Crippen LogP contribution in [0.1, 0.15) is 55.5 Å².